The molecule has 0 radical (unpaired) electrons. The van der Waals surface area contributed by atoms with Gasteiger partial charge in [0.1, 0.15) is 11.6 Å². The summed E-state index contributed by atoms with van der Waals surface area (Å²) >= 11 is 9.20. The molecule has 0 unspecified atom stereocenters. The first-order chi connectivity index (χ1) is 12.4. The van der Waals surface area contributed by atoms with E-state index >= 15 is 0 Å². The van der Waals surface area contributed by atoms with Crippen LogP contribution < -0.4 is 15.4 Å². The molecule has 5 nitrogen and oxygen atoms in total. The highest BCUT2D eigenvalue weighted by Gasteiger charge is 2.12. The molecule has 0 bridgehead atoms. The summed E-state index contributed by atoms with van der Waals surface area (Å²) in [6.45, 7) is 0.438. The zero-order valence-corrected chi connectivity index (χ0v) is 16.3. The summed E-state index contributed by atoms with van der Waals surface area (Å²) in [5, 5.41) is 5.37. The van der Waals surface area contributed by atoms with Crippen LogP contribution in [0.2, 0.25) is 5.02 Å². The monoisotopic (exact) mass is 442 g/mol. The fourth-order valence-corrected chi connectivity index (χ4v) is 2.89. The molecule has 0 saturated carbocycles. The smallest absolute Gasteiger partial charge is 0.252 e. The third kappa shape index (κ3) is 5.71. The van der Waals surface area contributed by atoms with Crippen LogP contribution in [-0.2, 0) is 11.3 Å². The van der Waals surface area contributed by atoms with Crippen molar-refractivity contribution in [1.29, 1.82) is 0 Å². The zero-order chi connectivity index (χ0) is 19.1. The molecule has 0 aromatic heterocycles. The van der Waals surface area contributed by atoms with Crippen molar-refractivity contribution >= 4 is 39.3 Å². The SMILES string of the molecule is COc1ccc(Br)cc1CNC(=O)CCNC(=O)c1ccc(F)cc1Cl. The van der Waals surface area contributed by atoms with E-state index in [1.807, 2.05) is 12.1 Å². The third-order valence-electron chi connectivity index (χ3n) is 3.53. The Morgan fingerprint density at radius 1 is 1.19 bits per heavy atom. The molecule has 26 heavy (non-hydrogen) atoms. The van der Waals surface area contributed by atoms with E-state index in [0.717, 1.165) is 22.2 Å². The van der Waals surface area contributed by atoms with Crippen molar-refractivity contribution in [1.82, 2.24) is 10.6 Å². The Bertz CT molecular complexity index is 817. The molecule has 0 spiro atoms. The van der Waals surface area contributed by atoms with Crippen molar-refractivity contribution in [2.45, 2.75) is 13.0 Å². The predicted molar refractivity (Wildman–Crippen MR) is 101 cm³/mol. The van der Waals surface area contributed by atoms with Crippen LogP contribution in [0, 0.1) is 5.82 Å². The van der Waals surface area contributed by atoms with Crippen molar-refractivity contribution in [3.8, 4) is 5.75 Å². The second-order valence-corrected chi connectivity index (χ2v) is 6.69. The summed E-state index contributed by atoms with van der Waals surface area (Å²) < 4.78 is 19.1. The molecule has 0 saturated heterocycles. The second-order valence-electron chi connectivity index (χ2n) is 5.36. The van der Waals surface area contributed by atoms with E-state index in [4.69, 9.17) is 16.3 Å². The molecule has 138 valence electrons. The maximum atomic E-state index is 13.0. The first-order valence-electron chi connectivity index (χ1n) is 7.73. The van der Waals surface area contributed by atoms with Gasteiger partial charge in [-0.3, -0.25) is 9.59 Å². The number of ether oxygens (including phenoxy) is 1. The molecular formula is C18H17BrClFN2O3. The summed E-state index contributed by atoms with van der Waals surface area (Å²) in [6, 6.07) is 9.02. The second kappa shape index (κ2) is 9.54. The minimum absolute atomic E-state index is 0.0219. The molecule has 2 amide bonds. The fourth-order valence-electron chi connectivity index (χ4n) is 2.23. The fraction of sp³-hybridized carbons (Fsp3) is 0.222. The molecule has 2 aromatic rings. The van der Waals surface area contributed by atoms with Crippen LogP contribution in [0.1, 0.15) is 22.3 Å². The van der Waals surface area contributed by atoms with Crippen LogP contribution in [0.5, 0.6) is 5.75 Å². The van der Waals surface area contributed by atoms with Gasteiger partial charge in [0.2, 0.25) is 5.91 Å². The molecule has 0 aliphatic heterocycles. The molecule has 2 aromatic carbocycles. The summed E-state index contributed by atoms with van der Waals surface area (Å²) in [5.74, 6) is -0.532. The van der Waals surface area contributed by atoms with Gasteiger partial charge in [-0.25, -0.2) is 4.39 Å². The van der Waals surface area contributed by atoms with Gasteiger partial charge in [-0.05, 0) is 36.4 Å². The average molecular weight is 444 g/mol. The van der Waals surface area contributed by atoms with Crippen LogP contribution in [0.25, 0.3) is 0 Å². The van der Waals surface area contributed by atoms with Crippen molar-refractivity contribution in [2.75, 3.05) is 13.7 Å². The van der Waals surface area contributed by atoms with E-state index < -0.39 is 11.7 Å². The summed E-state index contributed by atoms with van der Waals surface area (Å²) in [6.07, 6.45) is 0.0981. The number of carbonyl (C=O) groups excluding carboxylic acids is 2. The van der Waals surface area contributed by atoms with Gasteiger partial charge in [0.25, 0.3) is 5.91 Å². The van der Waals surface area contributed by atoms with E-state index in [9.17, 15) is 14.0 Å². The average Bonchev–Trinajstić information content (AvgIpc) is 2.60. The van der Waals surface area contributed by atoms with Crippen LogP contribution in [-0.4, -0.2) is 25.5 Å². The third-order valence-corrected chi connectivity index (χ3v) is 4.34. The number of methoxy groups -OCH3 is 1. The van der Waals surface area contributed by atoms with E-state index in [2.05, 4.69) is 26.6 Å². The number of amides is 2. The van der Waals surface area contributed by atoms with Gasteiger partial charge in [-0.1, -0.05) is 27.5 Å². The van der Waals surface area contributed by atoms with Crippen molar-refractivity contribution < 1.29 is 18.7 Å². The quantitative estimate of drug-likeness (QED) is 0.686. The molecule has 2 rings (SSSR count). The Labute approximate surface area is 164 Å². The summed E-state index contributed by atoms with van der Waals surface area (Å²) in [5.41, 5.74) is 0.990. The van der Waals surface area contributed by atoms with E-state index in [1.54, 1.807) is 13.2 Å². The van der Waals surface area contributed by atoms with Crippen LogP contribution in [0.4, 0.5) is 4.39 Å². The van der Waals surface area contributed by atoms with Crippen molar-refractivity contribution in [2.24, 2.45) is 0 Å². The van der Waals surface area contributed by atoms with E-state index in [1.165, 1.54) is 6.07 Å². The maximum Gasteiger partial charge on any atom is 0.252 e. The standard InChI is InChI=1S/C18H17BrClFN2O3/c1-26-16-5-2-12(19)8-11(16)10-23-17(24)6-7-22-18(25)14-4-3-13(21)9-15(14)20/h2-5,8-9H,6-7,10H2,1H3,(H,22,25)(H,23,24). The van der Waals surface area contributed by atoms with Crippen LogP contribution in [0.3, 0.4) is 0 Å². The molecular weight excluding hydrogens is 427 g/mol. The Kier molecular flexibility index (Phi) is 7.41. The lowest BCUT2D eigenvalue weighted by molar-refractivity contribution is -0.121. The Morgan fingerprint density at radius 3 is 2.65 bits per heavy atom. The zero-order valence-electron chi connectivity index (χ0n) is 13.9. The Morgan fingerprint density at radius 2 is 1.96 bits per heavy atom. The Hall–Kier alpha value is -2.12. The lowest BCUT2D eigenvalue weighted by atomic mass is 10.2. The number of carbonyl (C=O) groups is 2. The molecule has 2 N–H and O–H groups in total. The number of halogens is 3. The molecule has 0 atom stereocenters. The lowest BCUT2D eigenvalue weighted by Crippen LogP contribution is -2.30. The van der Waals surface area contributed by atoms with Gasteiger partial charge in [-0.2, -0.15) is 0 Å². The largest absolute Gasteiger partial charge is 0.496 e. The topological polar surface area (TPSA) is 67.4 Å². The lowest BCUT2D eigenvalue weighted by Gasteiger charge is -2.11. The first-order valence-corrected chi connectivity index (χ1v) is 8.90. The maximum absolute atomic E-state index is 13.0. The highest BCUT2D eigenvalue weighted by Crippen LogP contribution is 2.22. The summed E-state index contributed by atoms with van der Waals surface area (Å²) in [4.78, 5) is 23.9. The highest BCUT2D eigenvalue weighted by molar-refractivity contribution is 9.10. The van der Waals surface area contributed by atoms with Gasteiger partial charge in [0, 0.05) is 29.5 Å². The van der Waals surface area contributed by atoms with Crippen LogP contribution in [0.15, 0.2) is 40.9 Å². The Balaban J connectivity index is 1.80. The molecule has 0 aliphatic carbocycles. The number of hydrogen-bond acceptors (Lipinski definition) is 3. The summed E-state index contributed by atoms with van der Waals surface area (Å²) in [7, 11) is 1.56. The minimum atomic E-state index is -0.520. The molecule has 0 aliphatic rings. The van der Waals surface area contributed by atoms with Gasteiger partial charge in [0.15, 0.2) is 0 Å². The normalized spacial score (nSPS) is 10.3. The molecule has 8 heteroatoms. The van der Waals surface area contributed by atoms with Crippen LogP contribution >= 0.6 is 27.5 Å². The minimum Gasteiger partial charge on any atom is -0.496 e. The number of hydrogen-bond donors (Lipinski definition) is 2. The number of benzene rings is 2. The van der Waals surface area contributed by atoms with Gasteiger partial charge < -0.3 is 15.4 Å². The highest BCUT2D eigenvalue weighted by atomic mass is 79.9. The molecule has 0 fully saturated rings. The van der Waals surface area contributed by atoms with Crippen molar-refractivity contribution in [3.05, 3.63) is 62.8 Å². The van der Waals surface area contributed by atoms with Gasteiger partial charge >= 0.3 is 0 Å². The van der Waals surface area contributed by atoms with Crippen molar-refractivity contribution in [3.63, 3.8) is 0 Å². The number of rotatable bonds is 7. The van der Waals surface area contributed by atoms with Gasteiger partial charge in [-0.15, -0.1) is 0 Å². The van der Waals surface area contributed by atoms with E-state index in [-0.39, 0.29) is 29.5 Å². The predicted octanol–water partition coefficient (Wildman–Crippen LogP) is 3.69. The number of nitrogens with one attached hydrogen (secondary N) is 2. The van der Waals surface area contributed by atoms with E-state index in [0.29, 0.717) is 12.3 Å². The molecule has 0 heterocycles. The van der Waals surface area contributed by atoms with Gasteiger partial charge in [0.05, 0.1) is 17.7 Å². The first kappa shape index (κ1) is 20.2.